The Morgan fingerprint density at radius 1 is 1.31 bits per heavy atom. The first-order valence-corrected chi connectivity index (χ1v) is 4.85. The highest BCUT2D eigenvalue weighted by Crippen LogP contribution is 2.29. The van der Waals surface area contributed by atoms with E-state index in [1.54, 1.807) is 18.2 Å². The first kappa shape index (κ1) is 10.4. The molecule has 2 nitrogen and oxygen atoms in total. The van der Waals surface area contributed by atoms with Crippen molar-refractivity contribution in [2.45, 2.75) is 26.4 Å². The first-order valence-electron chi connectivity index (χ1n) is 4.06. The second kappa shape index (κ2) is 3.58. The van der Waals surface area contributed by atoms with Crippen LogP contribution in [0.4, 0.5) is 0 Å². The van der Waals surface area contributed by atoms with Crippen molar-refractivity contribution in [3.63, 3.8) is 0 Å². The molecule has 0 aliphatic rings. The van der Waals surface area contributed by atoms with Crippen LogP contribution in [0.1, 0.15) is 20.8 Å². The lowest BCUT2D eigenvalue weighted by atomic mass is 10.2. The number of phenols is 1. The predicted molar refractivity (Wildman–Crippen MR) is 56.2 cm³/mol. The molecule has 0 spiro atoms. The van der Waals surface area contributed by atoms with E-state index in [1.807, 2.05) is 20.8 Å². The van der Waals surface area contributed by atoms with Crippen LogP contribution < -0.4 is 4.74 Å². The van der Waals surface area contributed by atoms with E-state index in [4.69, 9.17) is 4.74 Å². The molecule has 0 heterocycles. The summed E-state index contributed by atoms with van der Waals surface area (Å²) in [6.07, 6.45) is 0. The average molecular weight is 245 g/mol. The van der Waals surface area contributed by atoms with Crippen molar-refractivity contribution in [2.24, 2.45) is 0 Å². The quantitative estimate of drug-likeness (QED) is 0.822. The summed E-state index contributed by atoms with van der Waals surface area (Å²) in [5.74, 6) is 0.971. The Kier molecular flexibility index (Phi) is 2.86. The van der Waals surface area contributed by atoms with E-state index in [0.29, 0.717) is 4.47 Å². The molecule has 13 heavy (non-hydrogen) atoms. The zero-order valence-electron chi connectivity index (χ0n) is 7.97. The number of aromatic hydroxyl groups is 1. The minimum Gasteiger partial charge on any atom is -0.507 e. The first-order chi connectivity index (χ1) is 5.88. The van der Waals surface area contributed by atoms with Gasteiger partial charge in [0, 0.05) is 0 Å². The Morgan fingerprint density at radius 3 is 2.38 bits per heavy atom. The van der Waals surface area contributed by atoms with Crippen LogP contribution in [0.2, 0.25) is 0 Å². The SMILES string of the molecule is CC(C)(C)Oc1ccc(O)c(Br)c1. The molecular weight excluding hydrogens is 232 g/mol. The number of hydrogen-bond acceptors (Lipinski definition) is 2. The van der Waals surface area contributed by atoms with Crippen LogP contribution in [-0.2, 0) is 0 Å². The molecule has 0 saturated carbocycles. The molecule has 0 aliphatic carbocycles. The summed E-state index contributed by atoms with van der Waals surface area (Å²) in [5.41, 5.74) is -0.212. The Bertz CT molecular complexity index is 302. The molecule has 0 fully saturated rings. The van der Waals surface area contributed by atoms with Crippen LogP contribution in [-0.4, -0.2) is 10.7 Å². The lowest BCUT2D eigenvalue weighted by Gasteiger charge is -2.21. The number of phenolic OH excluding ortho intramolecular Hbond substituents is 1. The van der Waals surface area contributed by atoms with E-state index in [2.05, 4.69) is 15.9 Å². The zero-order chi connectivity index (χ0) is 10.1. The Morgan fingerprint density at radius 2 is 1.92 bits per heavy atom. The van der Waals surface area contributed by atoms with Crippen LogP contribution in [0.15, 0.2) is 22.7 Å². The molecule has 72 valence electrons. The van der Waals surface area contributed by atoms with Gasteiger partial charge in [-0.3, -0.25) is 0 Å². The topological polar surface area (TPSA) is 29.5 Å². The third-order valence-electron chi connectivity index (χ3n) is 1.34. The standard InChI is InChI=1S/C10H13BrO2/c1-10(2,3)13-7-4-5-9(12)8(11)6-7/h4-6,12H,1-3H3. The van der Waals surface area contributed by atoms with E-state index in [-0.39, 0.29) is 11.4 Å². The van der Waals surface area contributed by atoms with Crippen molar-refractivity contribution in [2.75, 3.05) is 0 Å². The van der Waals surface area contributed by atoms with Crippen LogP contribution in [0.5, 0.6) is 11.5 Å². The highest BCUT2D eigenvalue weighted by Gasteiger charge is 2.12. The fourth-order valence-corrected chi connectivity index (χ4v) is 1.26. The molecule has 0 aliphatic heterocycles. The summed E-state index contributed by atoms with van der Waals surface area (Å²) >= 11 is 3.22. The molecule has 3 heteroatoms. The van der Waals surface area contributed by atoms with Gasteiger partial charge in [0.25, 0.3) is 0 Å². The molecule has 0 amide bonds. The van der Waals surface area contributed by atoms with Gasteiger partial charge in [-0.2, -0.15) is 0 Å². The average Bonchev–Trinajstić information content (AvgIpc) is 1.94. The van der Waals surface area contributed by atoms with E-state index in [1.165, 1.54) is 0 Å². The lowest BCUT2D eigenvalue weighted by Crippen LogP contribution is -2.22. The van der Waals surface area contributed by atoms with E-state index in [0.717, 1.165) is 5.75 Å². The maximum atomic E-state index is 9.24. The van der Waals surface area contributed by atoms with Crippen LogP contribution in [0.3, 0.4) is 0 Å². The summed E-state index contributed by atoms with van der Waals surface area (Å²) < 4.78 is 6.24. The second-order valence-electron chi connectivity index (χ2n) is 3.83. The van der Waals surface area contributed by atoms with Crippen molar-refractivity contribution in [1.29, 1.82) is 0 Å². The summed E-state index contributed by atoms with van der Waals surface area (Å²) in [6.45, 7) is 5.94. The largest absolute Gasteiger partial charge is 0.507 e. The monoisotopic (exact) mass is 244 g/mol. The lowest BCUT2D eigenvalue weighted by molar-refractivity contribution is 0.130. The normalized spacial score (nSPS) is 11.4. The summed E-state index contributed by atoms with van der Waals surface area (Å²) in [6, 6.07) is 5.09. The Balaban J connectivity index is 2.86. The highest BCUT2D eigenvalue weighted by atomic mass is 79.9. The maximum Gasteiger partial charge on any atom is 0.130 e. The fraction of sp³-hybridized carbons (Fsp3) is 0.400. The molecule has 0 aromatic heterocycles. The molecule has 0 unspecified atom stereocenters. The molecule has 1 N–H and O–H groups in total. The van der Waals surface area contributed by atoms with Gasteiger partial charge in [-0.1, -0.05) is 0 Å². The summed E-state index contributed by atoms with van der Waals surface area (Å²) in [4.78, 5) is 0. The second-order valence-corrected chi connectivity index (χ2v) is 4.68. The van der Waals surface area contributed by atoms with Gasteiger partial charge in [0.05, 0.1) is 4.47 Å². The van der Waals surface area contributed by atoms with Crippen molar-refractivity contribution in [3.8, 4) is 11.5 Å². The van der Waals surface area contributed by atoms with Crippen molar-refractivity contribution >= 4 is 15.9 Å². The number of rotatable bonds is 1. The van der Waals surface area contributed by atoms with E-state index in [9.17, 15) is 5.11 Å². The fourth-order valence-electron chi connectivity index (χ4n) is 0.905. The highest BCUT2D eigenvalue weighted by molar-refractivity contribution is 9.10. The molecule has 1 rings (SSSR count). The van der Waals surface area contributed by atoms with Gasteiger partial charge >= 0.3 is 0 Å². The number of halogens is 1. The number of hydrogen-bond donors (Lipinski definition) is 1. The Labute approximate surface area is 86.7 Å². The van der Waals surface area contributed by atoms with Crippen molar-refractivity contribution in [1.82, 2.24) is 0 Å². The number of ether oxygens (including phenoxy) is 1. The molecule has 0 saturated heterocycles. The molecular formula is C10H13BrO2. The van der Waals surface area contributed by atoms with E-state index >= 15 is 0 Å². The van der Waals surface area contributed by atoms with Gasteiger partial charge < -0.3 is 9.84 Å². The van der Waals surface area contributed by atoms with Gasteiger partial charge in [-0.25, -0.2) is 0 Å². The maximum absolute atomic E-state index is 9.24. The van der Waals surface area contributed by atoms with Crippen molar-refractivity contribution in [3.05, 3.63) is 22.7 Å². The molecule has 0 radical (unpaired) electrons. The smallest absolute Gasteiger partial charge is 0.130 e. The third kappa shape index (κ3) is 3.27. The third-order valence-corrected chi connectivity index (χ3v) is 1.98. The van der Waals surface area contributed by atoms with Gasteiger partial charge in [0.1, 0.15) is 17.1 Å². The van der Waals surface area contributed by atoms with E-state index < -0.39 is 0 Å². The van der Waals surface area contributed by atoms with Gasteiger partial charge in [-0.15, -0.1) is 0 Å². The van der Waals surface area contributed by atoms with Gasteiger partial charge in [0.15, 0.2) is 0 Å². The minimum absolute atomic E-state index is 0.212. The molecule has 1 aromatic carbocycles. The van der Waals surface area contributed by atoms with Gasteiger partial charge in [-0.05, 0) is 54.9 Å². The van der Waals surface area contributed by atoms with Crippen LogP contribution in [0, 0.1) is 0 Å². The van der Waals surface area contributed by atoms with Gasteiger partial charge in [0.2, 0.25) is 0 Å². The minimum atomic E-state index is -0.212. The molecule has 0 bridgehead atoms. The predicted octanol–water partition coefficient (Wildman–Crippen LogP) is 3.33. The Hall–Kier alpha value is -0.700. The molecule has 0 atom stereocenters. The molecule has 1 aromatic rings. The van der Waals surface area contributed by atoms with Crippen LogP contribution >= 0.6 is 15.9 Å². The van der Waals surface area contributed by atoms with Crippen LogP contribution in [0.25, 0.3) is 0 Å². The number of benzene rings is 1. The summed E-state index contributed by atoms with van der Waals surface area (Å²) in [7, 11) is 0. The van der Waals surface area contributed by atoms with Crippen molar-refractivity contribution < 1.29 is 9.84 Å². The zero-order valence-corrected chi connectivity index (χ0v) is 9.55. The summed E-state index contributed by atoms with van der Waals surface area (Å²) in [5, 5.41) is 9.24.